The molecular weight excluding hydrogens is 364 g/mol. The molecule has 28 heavy (non-hydrogen) atoms. The van der Waals surface area contributed by atoms with E-state index in [0.29, 0.717) is 30.1 Å². The Morgan fingerprint density at radius 1 is 0.821 bits per heavy atom. The number of ether oxygens (including phenoxy) is 5. The molecule has 3 heterocycles. The molecule has 1 saturated heterocycles. The number of cyclic esters (lactones) is 1. The van der Waals surface area contributed by atoms with Crippen molar-refractivity contribution in [2.75, 3.05) is 20.2 Å². The zero-order chi connectivity index (χ0) is 19.1. The van der Waals surface area contributed by atoms with E-state index < -0.39 is 6.10 Å². The van der Waals surface area contributed by atoms with Crippen molar-refractivity contribution < 1.29 is 33.6 Å². The van der Waals surface area contributed by atoms with E-state index in [1.807, 2.05) is 36.4 Å². The molecule has 0 aliphatic carbocycles. The molecule has 0 spiro atoms. The van der Waals surface area contributed by atoms with Crippen molar-refractivity contribution in [3.8, 4) is 23.0 Å². The van der Waals surface area contributed by atoms with Crippen molar-refractivity contribution in [1.29, 1.82) is 0 Å². The minimum Gasteiger partial charge on any atom is -0.459 e. The van der Waals surface area contributed by atoms with Gasteiger partial charge in [-0.2, -0.15) is 0 Å². The first-order valence-electron chi connectivity index (χ1n) is 9.29. The quantitative estimate of drug-likeness (QED) is 0.790. The van der Waals surface area contributed by atoms with E-state index in [1.165, 1.54) is 0 Å². The summed E-state index contributed by atoms with van der Waals surface area (Å²) in [5.74, 6) is 2.07. The van der Waals surface area contributed by atoms with Crippen molar-refractivity contribution in [2.45, 2.75) is 18.9 Å². The lowest BCUT2D eigenvalue weighted by atomic mass is 9.81. The van der Waals surface area contributed by atoms with Crippen LogP contribution in [0.3, 0.4) is 0 Å². The van der Waals surface area contributed by atoms with Gasteiger partial charge in [-0.3, -0.25) is 4.79 Å². The molecule has 5 rings (SSSR count). The molecule has 7 heteroatoms. The predicted octanol–water partition coefficient (Wildman–Crippen LogP) is 2.08. The number of carbonyl (C=O) groups excluding carboxylic acids is 1. The van der Waals surface area contributed by atoms with Gasteiger partial charge in [0.2, 0.25) is 13.6 Å². The van der Waals surface area contributed by atoms with Crippen molar-refractivity contribution in [2.24, 2.45) is 11.8 Å². The molecule has 0 unspecified atom stereocenters. The van der Waals surface area contributed by atoms with Crippen LogP contribution in [0, 0.1) is 11.8 Å². The smallest absolute Gasteiger partial charge is 0.310 e. The Kier molecular flexibility index (Phi) is 4.24. The van der Waals surface area contributed by atoms with Gasteiger partial charge in [-0.1, -0.05) is 12.1 Å². The highest BCUT2D eigenvalue weighted by molar-refractivity contribution is 5.76. The van der Waals surface area contributed by atoms with Gasteiger partial charge in [0.1, 0.15) is 6.10 Å². The summed E-state index contributed by atoms with van der Waals surface area (Å²) in [5, 5.41) is 9.74. The summed E-state index contributed by atoms with van der Waals surface area (Å²) >= 11 is 0. The van der Waals surface area contributed by atoms with Crippen LogP contribution in [0.15, 0.2) is 36.4 Å². The normalized spacial score (nSPS) is 24.5. The van der Waals surface area contributed by atoms with Crippen molar-refractivity contribution in [3.05, 3.63) is 47.5 Å². The monoisotopic (exact) mass is 384 g/mol. The van der Waals surface area contributed by atoms with Gasteiger partial charge >= 0.3 is 5.97 Å². The number of hydrogen-bond acceptors (Lipinski definition) is 7. The Hall–Kier alpha value is -2.93. The van der Waals surface area contributed by atoms with Gasteiger partial charge in [-0.25, -0.2) is 0 Å². The average molecular weight is 384 g/mol. The second-order valence-corrected chi connectivity index (χ2v) is 7.21. The fourth-order valence-electron chi connectivity index (χ4n) is 4.10. The molecule has 1 N–H and O–H groups in total. The zero-order valence-electron chi connectivity index (χ0n) is 15.1. The van der Waals surface area contributed by atoms with Crippen LogP contribution in [0.1, 0.15) is 11.1 Å². The van der Waals surface area contributed by atoms with Gasteiger partial charge in [0, 0.05) is 5.92 Å². The van der Waals surface area contributed by atoms with Crippen LogP contribution in [0.5, 0.6) is 23.0 Å². The third-order valence-corrected chi connectivity index (χ3v) is 5.55. The second kappa shape index (κ2) is 6.91. The number of aliphatic hydroxyl groups excluding tert-OH is 1. The molecule has 146 valence electrons. The van der Waals surface area contributed by atoms with E-state index in [4.69, 9.17) is 23.7 Å². The molecule has 7 nitrogen and oxygen atoms in total. The van der Waals surface area contributed by atoms with Crippen LogP contribution in [0.25, 0.3) is 0 Å². The molecule has 0 saturated carbocycles. The SMILES string of the molecule is O=C1O[C@H](CO)[C@H](Cc2ccc3c(c2)OCO3)[C@H]1Cc1ccc2c(c1)OCO2. The van der Waals surface area contributed by atoms with Crippen LogP contribution < -0.4 is 18.9 Å². The van der Waals surface area contributed by atoms with E-state index >= 15 is 0 Å². The third kappa shape index (κ3) is 3.01. The number of carbonyl (C=O) groups is 1. The topological polar surface area (TPSA) is 83.5 Å². The lowest BCUT2D eigenvalue weighted by Gasteiger charge is -2.20. The molecule has 0 bridgehead atoms. The maximum atomic E-state index is 12.5. The Labute approximate surface area is 161 Å². The molecule has 0 amide bonds. The Balaban J connectivity index is 1.38. The number of aliphatic hydroxyl groups is 1. The minimum absolute atomic E-state index is 0.136. The van der Waals surface area contributed by atoms with Gasteiger partial charge in [0.05, 0.1) is 12.5 Å². The summed E-state index contributed by atoms with van der Waals surface area (Å²) in [6.45, 7) is 0.234. The van der Waals surface area contributed by atoms with Crippen molar-refractivity contribution in [1.82, 2.24) is 0 Å². The summed E-state index contributed by atoms with van der Waals surface area (Å²) in [6, 6.07) is 11.5. The summed E-state index contributed by atoms with van der Waals surface area (Å²) in [6.07, 6.45) is 0.598. The average Bonchev–Trinajstić information content (AvgIpc) is 3.42. The van der Waals surface area contributed by atoms with Crippen LogP contribution in [-0.2, 0) is 22.4 Å². The van der Waals surface area contributed by atoms with Crippen molar-refractivity contribution >= 4 is 5.97 Å². The second-order valence-electron chi connectivity index (χ2n) is 7.21. The number of hydrogen-bond donors (Lipinski definition) is 1. The molecule has 3 aliphatic heterocycles. The highest BCUT2D eigenvalue weighted by Gasteiger charge is 2.44. The number of benzene rings is 2. The van der Waals surface area contributed by atoms with E-state index in [9.17, 15) is 9.90 Å². The number of rotatable bonds is 5. The summed E-state index contributed by atoms with van der Waals surface area (Å²) in [4.78, 5) is 12.5. The predicted molar refractivity (Wildman–Crippen MR) is 96.5 cm³/mol. The van der Waals surface area contributed by atoms with Gasteiger partial charge in [0.15, 0.2) is 23.0 Å². The summed E-state index contributed by atoms with van der Waals surface area (Å²) in [5.41, 5.74) is 1.99. The molecular formula is C21H20O7. The van der Waals surface area contributed by atoms with E-state index in [-0.39, 0.29) is 38.0 Å². The van der Waals surface area contributed by atoms with Gasteiger partial charge < -0.3 is 28.8 Å². The largest absolute Gasteiger partial charge is 0.459 e. The lowest BCUT2D eigenvalue weighted by molar-refractivity contribution is -0.145. The highest BCUT2D eigenvalue weighted by atomic mass is 16.7. The van der Waals surface area contributed by atoms with E-state index in [2.05, 4.69) is 0 Å². The fraction of sp³-hybridized carbons (Fsp3) is 0.381. The summed E-state index contributed by atoms with van der Waals surface area (Å²) < 4.78 is 27.0. The minimum atomic E-state index is -0.517. The van der Waals surface area contributed by atoms with Crippen molar-refractivity contribution in [3.63, 3.8) is 0 Å². The molecule has 2 aromatic rings. The van der Waals surface area contributed by atoms with E-state index in [1.54, 1.807) is 0 Å². The maximum absolute atomic E-state index is 12.5. The molecule has 3 aliphatic rings. The Morgan fingerprint density at radius 2 is 1.39 bits per heavy atom. The highest BCUT2D eigenvalue weighted by Crippen LogP contribution is 2.39. The first kappa shape index (κ1) is 17.2. The molecule has 3 atom stereocenters. The van der Waals surface area contributed by atoms with Gasteiger partial charge in [0.25, 0.3) is 0 Å². The first-order chi connectivity index (χ1) is 13.7. The molecule has 2 aromatic carbocycles. The number of fused-ring (bicyclic) bond motifs is 2. The molecule has 1 fully saturated rings. The van der Waals surface area contributed by atoms with Gasteiger partial charge in [-0.05, 0) is 48.2 Å². The van der Waals surface area contributed by atoms with Crippen LogP contribution in [-0.4, -0.2) is 37.4 Å². The first-order valence-corrected chi connectivity index (χ1v) is 9.29. The van der Waals surface area contributed by atoms with Crippen LogP contribution in [0.2, 0.25) is 0 Å². The number of esters is 1. The van der Waals surface area contributed by atoms with E-state index in [0.717, 1.165) is 16.9 Å². The Bertz CT molecular complexity index is 910. The Morgan fingerprint density at radius 3 is 2.00 bits per heavy atom. The van der Waals surface area contributed by atoms with Crippen LogP contribution in [0.4, 0.5) is 0 Å². The lowest BCUT2D eigenvalue weighted by Crippen LogP contribution is -2.27. The molecule has 0 radical (unpaired) electrons. The molecule has 0 aromatic heterocycles. The maximum Gasteiger partial charge on any atom is 0.310 e. The standard InChI is InChI=1S/C21H20O7/c22-9-20-14(5-12-1-3-16-18(7-12)26-10-24-16)15(21(23)28-20)6-13-2-4-17-19(8-13)27-11-25-17/h1-4,7-8,14-15,20,22H,5-6,9-11H2/t14-,15-,20-/m1/s1. The summed E-state index contributed by atoms with van der Waals surface area (Å²) in [7, 11) is 0. The fourth-order valence-corrected chi connectivity index (χ4v) is 4.10. The zero-order valence-corrected chi connectivity index (χ0v) is 15.1. The third-order valence-electron chi connectivity index (χ3n) is 5.55. The van der Waals surface area contributed by atoms with Crippen LogP contribution >= 0.6 is 0 Å². The van der Waals surface area contributed by atoms with Gasteiger partial charge in [-0.15, -0.1) is 0 Å².